The summed E-state index contributed by atoms with van der Waals surface area (Å²) in [4.78, 5) is 11.3. The molecular weight excluding hydrogens is 250 g/mol. The molecule has 1 unspecified atom stereocenters. The molecule has 6 heteroatoms. The monoisotopic (exact) mass is 259 g/mol. The van der Waals surface area contributed by atoms with E-state index in [4.69, 9.17) is 10.7 Å². The first kappa shape index (κ1) is 11.4. The quantitative estimate of drug-likeness (QED) is 0.785. The van der Waals surface area contributed by atoms with Crippen molar-refractivity contribution in [1.82, 2.24) is 0 Å². The largest absolute Gasteiger partial charge is 0.326 e. The Kier molecular flexibility index (Phi) is 2.67. The molecule has 1 aliphatic heterocycles. The molecule has 0 spiro atoms. The number of rotatable bonds is 1. The molecule has 0 aliphatic carbocycles. The van der Waals surface area contributed by atoms with Crippen LogP contribution in [0.4, 0.5) is 5.69 Å². The molecule has 1 aliphatic rings. The molecule has 1 aromatic rings. The third-order valence-corrected chi connectivity index (χ3v) is 3.95. The van der Waals surface area contributed by atoms with Gasteiger partial charge in [-0.3, -0.25) is 4.79 Å². The number of nitrogens with one attached hydrogen (secondary N) is 1. The average Bonchev–Trinajstić information content (AvgIpc) is 2.15. The van der Waals surface area contributed by atoms with Crippen molar-refractivity contribution in [3.63, 3.8) is 0 Å². The van der Waals surface area contributed by atoms with Crippen LogP contribution in [-0.4, -0.2) is 14.3 Å². The Morgan fingerprint density at radius 2 is 2.12 bits per heavy atom. The summed E-state index contributed by atoms with van der Waals surface area (Å²) in [5.74, 6) is -0.0522. The van der Waals surface area contributed by atoms with Gasteiger partial charge in [-0.2, -0.15) is 0 Å². The summed E-state index contributed by atoms with van der Waals surface area (Å²) in [7, 11) is 1.55. The van der Waals surface area contributed by atoms with Crippen molar-refractivity contribution in [3.8, 4) is 0 Å². The smallest absolute Gasteiger partial charge is 0.261 e. The van der Waals surface area contributed by atoms with Crippen LogP contribution >= 0.6 is 10.7 Å². The lowest BCUT2D eigenvalue weighted by Gasteiger charge is -2.22. The van der Waals surface area contributed by atoms with Crippen LogP contribution in [0, 0.1) is 0 Å². The predicted molar refractivity (Wildman–Crippen MR) is 61.1 cm³/mol. The third kappa shape index (κ3) is 2.05. The van der Waals surface area contributed by atoms with E-state index >= 15 is 0 Å². The van der Waals surface area contributed by atoms with Gasteiger partial charge in [0.25, 0.3) is 9.05 Å². The highest BCUT2D eigenvalue weighted by atomic mass is 35.7. The number of anilines is 1. The summed E-state index contributed by atoms with van der Waals surface area (Å²) >= 11 is 0. The van der Waals surface area contributed by atoms with Crippen LogP contribution < -0.4 is 5.32 Å². The number of hydrogen-bond donors (Lipinski definition) is 1. The van der Waals surface area contributed by atoms with Crippen LogP contribution in [0.3, 0.4) is 0 Å². The van der Waals surface area contributed by atoms with E-state index in [1.807, 2.05) is 6.92 Å². The highest BCUT2D eigenvalue weighted by Gasteiger charge is 2.23. The number of benzene rings is 1. The van der Waals surface area contributed by atoms with E-state index in [1.165, 1.54) is 12.1 Å². The van der Waals surface area contributed by atoms with E-state index in [-0.39, 0.29) is 16.7 Å². The summed E-state index contributed by atoms with van der Waals surface area (Å²) in [6.45, 7) is 1.88. The van der Waals surface area contributed by atoms with E-state index in [0.29, 0.717) is 12.1 Å². The molecular formula is C10H10ClNO3S. The second-order valence-corrected chi connectivity index (χ2v) is 6.41. The Balaban J connectivity index is 2.55. The van der Waals surface area contributed by atoms with Crippen LogP contribution in [0.2, 0.25) is 0 Å². The van der Waals surface area contributed by atoms with Crippen LogP contribution in [0.5, 0.6) is 0 Å². The SMILES string of the molecule is CC1CC(=O)Nc2ccc(S(=O)(=O)Cl)cc21. The number of halogens is 1. The van der Waals surface area contributed by atoms with Gasteiger partial charge in [0.15, 0.2) is 0 Å². The first-order chi connectivity index (χ1) is 7.38. The maximum absolute atomic E-state index is 11.3. The van der Waals surface area contributed by atoms with Crippen LogP contribution in [-0.2, 0) is 13.8 Å². The lowest BCUT2D eigenvalue weighted by Crippen LogP contribution is -2.21. The van der Waals surface area contributed by atoms with Crippen molar-refractivity contribution in [2.45, 2.75) is 24.2 Å². The van der Waals surface area contributed by atoms with Gasteiger partial charge < -0.3 is 5.32 Å². The zero-order valence-corrected chi connectivity index (χ0v) is 10.1. The molecule has 2 rings (SSSR count). The van der Waals surface area contributed by atoms with Crippen molar-refractivity contribution in [2.75, 3.05) is 5.32 Å². The van der Waals surface area contributed by atoms with Gasteiger partial charge in [0, 0.05) is 22.8 Å². The van der Waals surface area contributed by atoms with Gasteiger partial charge in [-0.25, -0.2) is 8.42 Å². The van der Waals surface area contributed by atoms with E-state index in [9.17, 15) is 13.2 Å². The minimum atomic E-state index is -3.71. The van der Waals surface area contributed by atoms with Crippen LogP contribution in [0.25, 0.3) is 0 Å². The molecule has 1 aromatic carbocycles. The van der Waals surface area contributed by atoms with E-state index < -0.39 is 9.05 Å². The first-order valence-corrected chi connectivity index (χ1v) is 7.07. The molecule has 1 heterocycles. The van der Waals surface area contributed by atoms with Gasteiger partial charge in [0.1, 0.15) is 0 Å². The van der Waals surface area contributed by atoms with Crippen molar-refractivity contribution < 1.29 is 13.2 Å². The number of amides is 1. The molecule has 0 aromatic heterocycles. The van der Waals surface area contributed by atoms with Gasteiger partial charge in [-0.15, -0.1) is 0 Å². The molecule has 16 heavy (non-hydrogen) atoms. The lowest BCUT2D eigenvalue weighted by molar-refractivity contribution is -0.116. The maximum Gasteiger partial charge on any atom is 0.261 e. The van der Waals surface area contributed by atoms with Gasteiger partial charge in [-0.1, -0.05) is 6.92 Å². The minimum Gasteiger partial charge on any atom is -0.326 e. The first-order valence-electron chi connectivity index (χ1n) is 4.76. The number of fused-ring (bicyclic) bond motifs is 1. The molecule has 1 amide bonds. The Hall–Kier alpha value is -1.07. The lowest BCUT2D eigenvalue weighted by atomic mass is 9.92. The fourth-order valence-electron chi connectivity index (χ4n) is 1.80. The summed E-state index contributed by atoms with van der Waals surface area (Å²) in [5.41, 5.74) is 1.47. The van der Waals surface area contributed by atoms with Crippen molar-refractivity contribution in [1.29, 1.82) is 0 Å². The van der Waals surface area contributed by atoms with Gasteiger partial charge in [-0.05, 0) is 29.7 Å². The topological polar surface area (TPSA) is 63.2 Å². The number of hydrogen-bond acceptors (Lipinski definition) is 3. The molecule has 1 atom stereocenters. The van der Waals surface area contributed by atoms with Gasteiger partial charge >= 0.3 is 0 Å². The molecule has 4 nitrogen and oxygen atoms in total. The number of carbonyl (C=O) groups is 1. The highest BCUT2D eigenvalue weighted by molar-refractivity contribution is 8.13. The second-order valence-electron chi connectivity index (χ2n) is 3.84. The molecule has 0 fully saturated rings. The van der Waals surface area contributed by atoms with E-state index in [2.05, 4.69) is 5.32 Å². The molecule has 0 radical (unpaired) electrons. The highest BCUT2D eigenvalue weighted by Crippen LogP contribution is 2.33. The predicted octanol–water partition coefficient (Wildman–Crippen LogP) is 2.06. The molecule has 1 N–H and O–H groups in total. The zero-order chi connectivity index (χ0) is 11.9. The Labute approximate surface area is 98.0 Å². The van der Waals surface area contributed by atoms with Crippen LogP contribution in [0.15, 0.2) is 23.1 Å². The van der Waals surface area contributed by atoms with Crippen molar-refractivity contribution in [3.05, 3.63) is 23.8 Å². The van der Waals surface area contributed by atoms with Crippen molar-refractivity contribution in [2.24, 2.45) is 0 Å². The maximum atomic E-state index is 11.3. The molecule has 86 valence electrons. The Morgan fingerprint density at radius 1 is 1.44 bits per heavy atom. The summed E-state index contributed by atoms with van der Waals surface area (Å²) in [6, 6.07) is 4.47. The summed E-state index contributed by atoms with van der Waals surface area (Å²) < 4.78 is 22.3. The van der Waals surface area contributed by atoms with Gasteiger partial charge in [0.05, 0.1) is 4.90 Å². The fraction of sp³-hybridized carbons (Fsp3) is 0.300. The Bertz CT molecular complexity index is 553. The average molecular weight is 260 g/mol. The second kappa shape index (κ2) is 3.75. The fourth-order valence-corrected chi connectivity index (χ4v) is 2.59. The zero-order valence-electron chi connectivity index (χ0n) is 8.53. The standard InChI is InChI=1S/C10H10ClNO3S/c1-6-4-10(13)12-9-3-2-7(5-8(6)9)16(11,14)15/h2-3,5-6H,4H2,1H3,(H,12,13). The summed E-state index contributed by atoms with van der Waals surface area (Å²) in [6.07, 6.45) is 0.360. The molecule has 0 bridgehead atoms. The Morgan fingerprint density at radius 3 is 2.75 bits per heavy atom. The number of carbonyl (C=O) groups excluding carboxylic acids is 1. The van der Waals surface area contributed by atoms with E-state index in [1.54, 1.807) is 6.07 Å². The van der Waals surface area contributed by atoms with Gasteiger partial charge in [0.2, 0.25) is 5.91 Å². The summed E-state index contributed by atoms with van der Waals surface area (Å²) in [5, 5.41) is 2.69. The third-order valence-electron chi connectivity index (χ3n) is 2.60. The van der Waals surface area contributed by atoms with E-state index in [0.717, 1.165) is 5.56 Å². The van der Waals surface area contributed by atoms with Crippen molar-refractivity contribution >= 4 is 31.3 Å². The normalized spacial score (nSPS) is 20.1. The molecule has 0 saturated heterocycles. The molecule has 0 saturated carbocycles. The minimum absolute atomic E-state index is 0.00196. The van der Waals surface area contributed by atoms with Crippen LogP contribution in [0.1, 0.15) is 24.8 Å².